The number of hydrogen-bond acceptors (Lipinski definition) is 4. The van der Waals surface area contributed by atoms with Crippen LogP contribution < -0.4 is 10.5 Å². The van der Waals surface area contributed by atoms with E-state index in [2.05, 4.69) is 10.1 Å². The molecule has 0 saturated carbocycles. The quantitative estimate of drug-likeness (QED) is 0.380. The number of nitrogens with zero attached hydrogens (tertiary/aromatic N) is 2. The monoisotopic (exact) mass is 257 g/mol. The van der Waals surface area contributed by atoms with Crippen molar-refractivity contribution in [2.75, 3.05) is 0 Å². The molecule has 0 fully saturated rings. The average molecular weight is 257 g/mol. The molecule has 19 heavy (non-hydrogen) atoms. The van der Waals surface area contributed by atoms with Crippen molar-refractivity contribution < 1.29 is 9.94 Å². The second kappa shape index (κ2) is 5.86. The molecule has 0 bridgehead atoms. The Labute approximate surface area is 111 Å². The first-order chi connectivity index (χ1) is 9.20. The van der Waals surface area contributed by atoms with Crippen molar-refractivity contribution in [3.05, 3.63) is 59.4 Å². The van der Waals surface area contributed by atoms with Crippen LogP contribution >= 0.6 is 0 Å². The van der Waals surface area contributed by atoms with Crippen LogP contribution in [-0.2, 0) is 6.61 Å². The van der Waals surface area contributed by atoms with E-state index in [0.29, 0.717) is 17.9 Å². The molecule has 0 spiro atoms. The van der Waals surface area contributed by atoms with Gasteiger partial charge in [-0.2, -0.15) is 0 Å². The number of ether oxygens (including phenoxy) is 1. The lowest BCUT2D eigenvalue weighted by Crippen LogP contribution is -2.14. The lowest BCUT2D eigenvalue weighted by Gasteiger charge is -2.10. The second-order valence-corrected chi connectivity index (χ2v) is 4.04. The number of benzene rings is 1. The van der Waals surface area contributed by atoms with Gasteiger partial charge in [0.05, 0.1) is 11.3 Å². The molecule has 0 unspecified atom stereocenters. The highest BCUT2D eigenvalue weighted by Crippen LogP contribution is 2.18. The van der Waals surface area contributed by atoms with Crippen LogP contribution in [0.3, 0.4) is 0 Å². The highest BCUT2D eigenvalue weighted by atomic mass is 16.5. The molecule has 0 aliphatic rings. The third-order valence-corrected chi connectivity index (χ3v) is 2.59. The number of rotatable bonds is 4. The number of hydrogen-bond donors (Lipinski definition) is 2. The number of amidine groups is 1. The van der Waals surface area contributed by atoms with Gasteiger partial charge >= 0.3 is 0 Å². The van der Waals surface area contributed by atoms with Crippen LogP contribution in [0.25, 0.3) is 0 Å². The number of nitrogens with two attached hydrogens (primary N) is 1. The van der Waals surface area contributed by atoms with E-state index in [4.69, 9.17) is 15.7 Å². The van der Waals surface area contributed by atoms with Crippen LogP contribution in [-0.4, -0.2) is 16.0 Å². The van der Waals surface area contributed by atoms with Crippen molar-refractivity contribution in [3.63, 3.8) is 0 Å². The summed E-state index contributed by atoms with van der Waals surface area (Å²) in [6, 6.07) is 12.9. The van der Waals surface area contributed by atoms with Crippen molar-refractivity contribution in [1.82, 2.24) is 4.98 Å². The van der Waals surface area contributed by atoms with Crippen molar-refractivity contribution in [2.24, 2.45) is 10.9 Å². The Kier molecular flexibility index (Phi) is 3.97. The minimum Gasteiger partial charge on any atom is -0.487 e. The summed E-state index contributed by atoms with van der Waals surface area (Å²) in [6.07, 6.45) is 0. The van der Waals surface area contributed by atoms with E-state index in [9.17, 15) is 0 Å². The Morgan fingerprint density at radius 2 is 2.05 bits per heavy atom. The molecular weight excluding hydrogens is 242 g/mol. The molecule has 2 aromatic rings. The van der Waals surface area contributed by atoms with Crippen molar-refractivity contribution >= 4 is 5.84 Å². The number of aryl methyl sites for hydroxylation is 1. The zero-order chi connectivity index (χ0) is 13.7. The van der Waals surface area contributed by atoms with E-state index in [0.717, 1.165) is 11.4 Å². The SMILES string of the molecule is Cc1cccc(COc2ccccc2C(N)=NO)n1. The molecule has 1 aromatic heterocycles. The molecule has 0 aliphatic carbocycles. The molecule has 2 rings (SSSR count). The fourth-order valence-electron chi connectivity index (χ4n) is 1.69. The first-order valence-electron chi connectivity index (χ1n) is 5.83. The van der Waals surface area contributed by atoms with E-state index in [1.807, 2.05) is 31.2 Å². The van der Waals surface area contributed by atoms with Crippen molar-refractivity contribution in [1.29, 1.82) is 0 Å². The largest absolute Gasteiger partial charge is 0.487 e. The molecular formula is C14H15N3O2. The summed E-state index contributed by atoms with van der Waals surface area (Å²) in [6.45, 7) is 2.26. The molecule has 5 nitrogen and oxygen atoms in total. The first kappa shape index (κ1) is 12.9. The summed E-state index contributed by atoms with van der Waals surface area (Å²) >= 11 is 0. The Hall–Kier alpha value is -2.56. The maximum atomic E-state index is 8.73. The summed E-state index contributed by atoms with van der Waals surface area (Å²) in [5.41, 5.74) is 7.91. The zero-order valence-corrected chi connectivity index (χ0v) is 10.6. The molecule has 98 valence electrons. The third-order valence-electron chi connectivity index (χ3n) is 2.59. The van der Waals surface area contributed by atoms with E-state index in [1.54, 1.807) is 18.2 Å². The first-order valence-corrected chi connectivity index (χ1v) is 5.83. The number of oxime groups is 1. The summed E-state index contributed by atoms with van der Waals surface area (Å²) < 4.78 is 5.67. The summed E-state index contributed by atoms with van der Waals surface area (Å²) in [5.74, 6) is 0.578. The second-order valence-electron chi connectivity index (χ2n) is 4.04. The Balaban J connectivity index is 2.16. The van der Waals surface area contributed by atoms with Gasteiger partial charge in [-0.05, 0) is 31.2 Å². The van der Waals surface area contributed by atoms with Crippen LogP contribution in [0.4, 0.5) is 0 Å². The molecule has 3 N–H and O–H groups in total. The van der Waals surface area contributed by atoms with Crippen LogP contribution in [0.15, 0.2) is 47.6 Å². The highest BCUT2D eigenvalue weighted by molar-refractivity contribution is 5.99. The fraction of sp³-hybridized carbons (Fsp3) is 0.143. The molecule has 5 heteroatoms. The van der Waals surface area contributed by atoms with Gasteiger partial charge in [0.15, 0.2) is 5.84 Å². The molecule has 0 aliphatic heterocycles. The lowest BCUT2D eigenvalue weighted by atomic mass is 10.2. The lowest BCUT2D eigenvalue weighted by molar-refractivity contribution is 0.298. The molecule has 0 atom stereocenters. The van der Waals surface area contributed by atoms with Crippen molar-refractivity contribution in [2.45, 2.75) is 13.5 Å². The smallest absolute Gasteiger partial charge is 0.173 e. The van der Waals surface area contributed by atoms with Crippen LogP contribution in [0.5, 0.6) is 5.75 Å². The minimum atomic E-state index is 0.0211. The minimum absolute atomic E-state index is 0.0211. The Bertz CT molecular complexity index is 597. The maximum absolute atomic E-state index is 8.73. The summed E-state index contributed by atoms with van der Waals surface area (Å²) in [4.78, 5) is 4.35. The van der Waals surface area contributed by atoms with Gasteiger partial charge in [0.1, 0.15) is 12.4 Å². The average Bonchev–Trinajstić information content (AvgIpc) is 2.45. The van der Waals surface area contributed by atoms with Gasteiger partial charge in [-0.1, -0.05) is 23.4 Å². The van der Waals surface area contributed by atoms with Gasteiger partial charge in [-0.3, -0.25) is 4.98 Å². The summed E-state index contributed by atoms with van der Waals surface area (Å²) in [5, 5.41) is 11.7. The van der Waals surface area contributed by atoms with Gasteiger partial charge in [0.2, 0.25) is 0 Å². The number of pyridine rings is 1. The Morgan fingerprint density at radius 1 is 1.26 bits per heavy atom. The maximum Gasteiger partial charge on any atom is 0.173 e. The van der Waals surface area contributed by atoms with Crippen molar-refractivity contribution in [3.8, 4) is 5.75 Å². The molecule has 0 amide bonds. The van der Waals surface area contributed by atoms with E-state index < -0.39 is 0 Å². The zero-order valence-electron chi connectivity index (χ0n) is 10.6. The topological polar surface area (TPSA) is 80.7 Å². The number of para-hydroxylation sites is 1. The fourth-order valence-corrected chi connectivity index (χ4v) is 1.69. The predicted octanol–water partition coefficient (Wildman–Crippen LogP) is 2.06. The number of aromatic nitrogens is 1. The molecule has 1 heterocycles. The van der Waals surface area contributed by atoms with E-state index in [-0.39, 0.29) is 5.84 Å². The van der Waals surface area contributed by atoms with Gasteiger partial charge in [0, 0.05) is 5.69 Å². The molecule has 1 aromatic carbocycles. The van der Waals surface area contributed by atoms with Gasteiger partial charge in [-0.15, -0.1) is 0 Å². The van der Waals surface area contributed by atoms with Gasteiger partial charge < -0.3 is 15.7 Å². The standard InChI is InChI=1S/C14H15N3O2/c1-10-5-4-6-11(16-10)9-19-13-8-3-2-7-12(13)14(15)17-18/h2-8,18H,9H2,1H3,(H2,15,17). The highest BCUT2D eigenvalue weighted by Gasteiger charge is 2.07. The molecule has 0 radical (unpaired) electrons. The van der Waals surface area contributed by atoms with E-state index in [1.165, 1.54) is 0 Å². The van der Waals surface area contributed by atoms with Crippen LogP contribution in [0, 0.1) is 6.92 Å². The predicted molar refractivity (Wildman–Crippen MR) is 72.3 cm³/mol. The normalized spacial score (nSPS) is 11.3. The van der Waals surface area contributed by atoms with E-state index >= 15 is 0 Å². The van der Waals surface area contributed by atoms with Gasteiger partial charge in [-0.25, -0.2) is 0 Å². The third kappa shape index (κ3) is 3.22. The van der Waals surface area contributed by atoms with Gasteiger partial charge in [0.25, 0.3) is 0 Å². The molecule has 0 saturated heterocycles. The van der Waals surface area contributed by atoms with Crippen LogP contribution in [0.1, 0.15) is 17.0 Å². The summed E-state index contributed by atoms with van der Waals surface area (Å²) in [7, 11) is 0. The Morgan fingerprint density at radius 3 is 2.79 bits per heavy atom. The van der Waals surface area contributed by atoms with Crippen LogP contribution in [0.2, 0.25) is 0 Å².